The lowest BCUT2D eigenvalue weighted by molar-refractivity contribution is -0.149. The number of hydrogen-bond donors (Lipinski definition) is 1. The molecule has 0 saturated carbocycles. The van der Waals surface area contributed by atoms with E-state index in [4.69, 9.17) is 9.47 Å². The second-order valence-corrected chi connectivity index (χ2v) is 7.98. The molecule has 0 amide bonds. The van der Waals surface area contributed by atoms with Crippen LogP contribution in [0.25, 0.3) is 11.1 Å². The average molecular weight is 457 g/mol. The zero-order valence-electron chi connectivity index (χ0n) is 19.0. The molecule has 0 aliphatic heterocycles. The van der Waals surface area contributed by atoms with Crippen molar-refractivity contribution in [1.29, 1.82) is 0 Å². The van der Waals surface area contributed by atoms with E-state index in [1.54, 1.807) is 45.9 Å². The summed E-state index contributed by atoms with van der Waals surface area (Å²) in [6.45, 7) is 6.58. The van der Waals surface area contributed by atoms with Crippen LogP contribution in [0.3, 0.4) is 0 Å². The zero-order valence-corrected chi connectivity index (χ0v) is 19.0. The summed E-state index contributed by atoms with van der Waals surface area (Å²) in [5, 5.41) is 3.00. The first-order valence-electron chi connectivity index (χ1n) is 10.6. The van der Waals surface area contributed by atoms with Crippen LogP contribution in [0.15, 0.2) is 48.5 Å². The van der Waals surface area contributed by atoms with Crippen molar-refractivity contribution in [2.24, 2.45) is 0 Å². The second-order valence-electron chi connectivity index (χ2n) is 7.98. The summed E-state index contributed by atoms with van der Waals surface area (Å²) in [5.41, 5.74) is 2.71. The first kappa shape index (κ1) is 24.2. The van der Waals surface area contributed by atoms with E-state index in [0.29, 0.717) is 33.6 Å². The molecule has 0 radical (unpaired) electrons. The van der Waals surface area contributed by atoms with Crippen LogP contribution in [0, 0.1) is 31.3 Å². The Morgan fingerprint density at radius 1 is 0.939 bits per heavy atom. The molecule has 0 aliphatic rings. The predicted molar refractivity (Wildman–Crippen MR) is 122 cm³/mol. The van der Waals surface area contributed by atoms with Gasteiger partial charge in [-0.15, -0.1) is 0 Å². The Morgan fingerprint density at radius 2 is 1.70 bits per heavy atom. The molecular weight excluding hydrogens is 431 g/mol. The van der Waals surface area contributed by atoms with Gasteiger partial charge in [-0.2, -0.15) is 0 Å². The molecule has 1 N–H and O–H groups in total. The third-order valence-electron chi connectivity index (χ3n) is 5.14. The number of benzene rings is 3. The van der Waals surface area contributed by atoms with Gasteiger partial charge in [-0.05, 0) is 86.3 Å². The number of halogens is 3. The van der Waals surface area contributed by atoms with Gasteiger partial charge in [0.05, 0.1) is 11.8 Å². The minimum Gasteiger partial charge on any atom is -0.482 e. The van der Waals surface area contributed by atoms with Gasteiger partial charge in [-0.3, -0.25) is 0 Å². The van der Waals surface area contributed by atoms with Crippen molar-refractivity contribution in [1.82, 2.24) is 0 Å². The van der Waals surface area contributed by atoms with Crippen LogP contribution in [-0.2, 0) is 16.1 Å². The second kappa shape index (κ2) is 10.4. The van der Waals surface area contributed by atoms with Crippen LogP contribution in [0.2, 0.25) is 0 Å². The Labute approximate surface area is 191 Å². The number of nitrogens with one attached hydrogen (secondary N) is 1. The molecule has 0 spiro atoms. The highest BCUT2D eigenvalue weighted by molar-refractivity contribution is 5.71. The van der Waals surface area contributed by atoms with Gasteiger partial charge in [-0.25, -0.2) is 18.0 Å². The molecule has 33 heavy (non-hydrogen) atoms. The van der Waals surface area contributed by atoms with E-state index < -0.39 is 23.4 Å². The van der Waals surface area contributed by atoms with Gasteiger partial charge in [0, 0.05) is 12.1 Å². The summed E-state index contributed by atoms with van der Waals surface area (Å²) in [4.78, 5) is 11.7. The molecule has 174 valence electrons. The third kappa shape index (κ3) is 6.06. The lowest BCUT2D eigenvalue weighted by atomic mass is 9.99. The molecule has 3 aromatic rings. The molecule has 0 aliphatic carbocycles. The summed E-state index contributed by atoms with van der Waals surface area (Å²) in [6, 6.07) is 11.7. The van der Waals surface area contributed by atoms with Gasteiger partial charge < -0.3 is 14.8 Å². The van der Waals surface area contributed by atoms with E-state index >= 15 is 0 Å². The van der Waals surface area contributed by atoms with Gasteiger partial charge >= 0.3 is 5.97 Å². The Kier molecular flexibility index (Phi) is 7.63. The van der Waals surface area contributed by atoms with E-state index in [-0.39, 0.29) is 24.9 Å². The van der Waals surface area contributed by atoms with Crippen molar-refractivity contribution in [3.8, 4) is 16.9 Å². The topological polar surface area (TPSA) is 47.6 Å². The summed E-state index contributed by atoms with van der Waals surface area (Å²) < 4.78 is 53.3. The summed E-state index contributed by atoms with van der Waals surface area (Å²) in [7, 11) is 0. The standard InChI is InChI=1S/C26H26F3NO3/c1-15(2)33-25(31)14-32-24-9-8-22(28)26(17(24)4)30-13-20-10-19(12-23(29)16(20)3)18-6-5-7-21(27)11-18/h5-12,15,30H,13-14H2,1-4H3. The van der Waals surface area contributed by atoms with Gasteiger partial charge in [0.15, 0.2) is 6.61 Å². The third-order valence-corrected chi connectivity index (χ3v) is 5.14. The molecular formula is C26H26F3NO3. The number of hydrogen-bond acceptors (Lipinski definition) is 4. The first-order valence-corrected chi connectivity index (χ1v) is 10.6. The van der Waals surface area contributed by atoms with Gasteiger partial charge in [0.25, 0.3) is 0 Å². The minimum absolute atomic E-state index is 0.127. The van der Waals surface area contributed by atoms with Crippen LogP contribution < -0.4 is 10.1 Å². The number of carbonyl (C=O) groups excluding carboxylic acids is 1. The molecule has 0 bridgehead atoms. The summed E-state index contributed by atoms with van der Waals surface area (Å²) in [5.74, 6) is -1.56. The Morgan fingerprint density at radius 3 is 2.39 bits per heavy atom. The zero-order chi connectivity index (χ0) is 24.1. The maximum Gasteiger partial charge on any atom is 0.344 e. The first-order chi connectivity index (χ1) is 15.7. The molecule has 7 heteroatoms. The number of anilines is 1. The molecule has 3 aromatic carbocycles. The van der Waals surface area contributed by atoms with Crippen LogP contribution in [-0.4, -0.2) is 18.7 Å². The molecule has 3 rings (SSSR count). The normalized spacial score (nSPS) is 10.9. The molecule has 0 atom stereocenters. The summed E-state index contributed by atoms with van der Waals surface area (Å²) >= 11 is 0. The fourth-order valence-electron chi connectivity index (χ4n) is 3.40. The highest BCUT2D eigenvalue weighted by atomic mass is 19.1. The van der Waals surface area contributed by atoms with E-state index in [0.717, 1.165) is 0 Å². The molecule has 0 unspecified atom stereocenters. The van der Waals surface area contributed by atoms with Crippen molar-refractivity contribution in [2.45, 2.75) is 40.3 Å². The van der Waals surface area contributed by atoms with E-state index in [9.17, 15) is 18.0 Å². The lowest BCUT2D eigenvalue weighted by Crippen LogP contribution is -2.19. The fourth-order valence-corrected chi connectivity index (χ4v) is 3.40. The van der Waals surface area contributed by atoms with Gasteiger partial charge in [-0.1, -0.05) is 12.1 Å². The van der Waals surface area contributed by atoms with Crippen molar-refractivity contribution in [3.63, 3.8) is 0 Å². The largest absolute Gasteiger partial charge is 0.482 e. The minimum atomic E-state index is -0.525. The van der Waals surface area contributed by atoms with Gasteiger partial charge in [0.1, 0.15) is 23.2 Å². The van der Waals surface area contributed by atoms with Crippen LogP contribution >= 0.6 is 0 Å². The SMILES string of the molecule is Cc1c(F)cc(-c2cccc(F)c2)cc1CNc1c(F)ccc(OCC(=O)OC(C)C)c1C. The van der Waals surface area contributed by atoms with Crippen molar-refractivity contribution >= 4 is 11.7 Å². The molecule has 4 nitrogen and oxygen atoms in total. The fraction of sp³-hybridized carbons (Fsp3) is 0.269. The summed E-state index contributed by atoms with van der Waals surface area (Å²) in [6.07, 6.45) is -0.264. The monoisotopic (exact) mass is 457 g/mol. The van der Waals surface area contributed by atoms with E-state index in [1.165, 1.54) is 30.3 Å². The van der Waals surface area contributed by atoms with E-state index in [2.05, 4.69) is 5.32 Å². The smallest absolute Gasteiger partial charge is 0.344 e. The Hall–Kier alpha value is -3.48. The van der Waals surface area contributed by atoms with Gasteiger partial charge in [0.2, 0.25) is 0 Å². The van der Waals surface area contributed by atoms with Crippen molar-refractivity contribution in [3.05, 3.63) is 82.7 Å². The Balaban J connectivity index is 1.81. The number of ether oxygens (including phenoxy) is 2. The average Bonchev–Trinajstić information content (AvgIpc) is 2.75. The van der Waals surface area contributed by atoms with Crippen molar-refractivity contribution in [2.75, 3.05) is 11.9 Å². The molecule has 0 aromatic heterocycles. The quantitative estimate of drug-likeness (QED) is 0.402. The highest BCUT2D eigenvalue weighted by Gasteiger charge is 2.15. The number of carbonyl (C=O) groups is 1. The number of rotatable bonds is 8. The Bertz CT molecular complexity index is 1160. The lowest BCUT2D eigenvalue weighted by Gasteiger charge is -2.17. The van der Waals surface area contributed by atoms with Crippen LogP contribution in [0.5, 0.6) is 5.75 Å². The molecule has 0 heterocycles. The van der Waals surface area contributed by atoms with Crippen LogP contribution in [0.4, 0.5) is 18.9 Å². The predicted octanol–water partition coefficient (Wildman–Crippen LogP) is 6.33. The number of esters is 1. The maximum atomic E-state index is 14.6. The highest BCUT2D eigenvalue weighted by Crippen LogP contribution is 2.30. The van der Waals surface area contributed by atoms with E-state index in [1.807, 2.05) is 0 Å². The molecule has 0 saturated heterocycles. The van der Waals surface area contributed by atoms with Crippen molar-refractivity contribution < 1.29 is 27.4 Å². The maximum absolute atomic E-state index is 14.6. The molecule has 0 fully saturated rings. The van der Waals surface area contributed by atoms with Crippen LogP contribution in [0.1, 0.15) is 30.5 Å².